The number of aromatic nitrogens is 4. The summed E-state index contributed by atoms with van der Waals surface area (Å²) in [4.78, 5) is 13.5. The van der Waals surface area contributed by atoms with Gasteiger partial charge in [-0.05, 0) is 60.0 Å². The van der Waals surface area contributed by atoms with E-state index in [0.717, 1.165) is 38.6 Å². The Balaban J connectivity index is 1.81. The quantitative estimate of drug-likeness (QED) is 0.270. The Morgan fingerprint density at radius 1 is 0.893 bits per heavy atom. The van der Waals surface area contributed by atoms with Crippen molar-refractivity contribution in [2.24, 2.45) is 0 Å². The smallest absolute Gasteiger partial charge is 0.151 e. The molecule has 0 aliphatic heterocycles. The molecule has 6 heteroatoms. The monoisotopic (exact) mass is 494 g/mol. The van der Waals surface area contributed by atoms with Crippen molar-refractivity contribution in [1.82, 2.24) is 18.9 Å². The molecule has 5 rings (SSSR count). The number of hydrogen-bond acceptors (Lipinski definition) is 4. The Hall–Kier alpha value is -2.45. The largest absolute Gasteiger partial charge is 0.265 e. The van der Waals surface area contributed by atoms with Crippen molar-refractivity contribution >= 4 is 52.3 Å². The average Bonchev–Trinajstić information content (AvgIpc) is 3.13. The molecule has 0 bridgehead atoms. The van der Waals surface area contributed by atoms with Gasteiger partial charge in [-0.15, -0.1) is 0 Å². The SMILES string of the molecule is Cc1cc(-c2cn(SI)c3ncccc23)cc2c(-c3cccnc3)ccnc12. The summed E-state index contributed by atoms with van der Waals surface area (Å²) in [5.74, 6) is 0. The van der Waals surface area contributed by atoms with Crippen LogP contribution in [0.2, 0.25) is 0 Å². The van der Waals surface area contributed by atoms with Gasteiger partial charge in [0.1, 0.15) is 0 Å². The molecule has 0 N–H and O–H groups in total. The van der Waals surface area contributed by atoms with Gasteiger partial charge in [0.25, 0.3) is 0 Å². The molecule has 0 saturated carbocycles. The number of halogens is 1. The molecule has 136 valence electrons. The first-order valence-electron chi connectivity index (χ1n) is 8.81. The van der Waals surface area contributed by atoms with Gasteiger partial charge in [-0.2, -0.15) is 0 Å². The number of hydrogen-bond donors (Lipinski definition) is 0. The molecular formula is C22H15IN4S. The lowest BCUT2D eigenvalue weighted by Crippen LogP contribution is -1.90. The minimum absolute atomic E-state index is 0.980. The van der Waals surface area contributed by atoms with E-state index in [0.29, 0.717) is 0 Å². The molecule has 28 heavy (non-hydrogen) atoms. The minimum atomic E-state index is 0.980. The molecule has 0 saturated heterocycles. The lowest BCUT2D eigenvalue weighted by molar-refractivity contribution is 1.27. The zero-order chi connectivity index (χ0) is 19.1. The minimum Gasteiger partial charge on any atom is -0.265 e. The van der Waals surface area contributed by atoms with Gasteiger partial charge in [0, 0.05) is 83.2 Å². The normalized spacial score (nSPS) is 11.4. The van der Waals surface area contributed by atoms with Crippen LogP contribution in [-0.2, 0) is 0 Å². The molecule has 0 spiro atoms. The maximum Gasteiger partial charge on any atom is 0.151 e. The Bertz CT molecular complexity index is 1310. The fourth-order valence-electron chi connectivity index (χ4n) is 3.68. The fourth-order valence-corrected chi connectivity index (χ4v) is 4.93. The molecule has 0 amide bonds. The van der Waals surface area contributed by atoms with Crippen LogP contribution in [0.5, 0.6) is 0 Å². The van der Waals surface area contributed by atoms with E-state index in [4.69, 9.17) is 0 Å². The van der Waals surface area contributed by atoms with Crippen LogP contribution in [0, 0.1) is 6.92 Å². The standard InChI is InChI=1S/C22H15IN4S/c1-14-10-16(20-13-27(28-23)22-18(20)5-3-8-26-22)11-19-17(6-9-25-21(14)19)15-4-2-7-24-12-15/h2-13H,1H3. The summed E-state index contributed by atoms with van der Waals surface area (Å²) in [5.41, 5.74) is 7.75. The topological polar surface area (TPSA) is 43.6 Å². The van der Waals surface area contributed by atoms with Crippen LogP contribution in [0.15, 0.2) is 73.4 Å². The third kappa shape index (κ3) is 2.87. The van der Waals surface area contributed by atoms with E-state index in [2.05, 4.69) is 83.6 Å². The highest BCUT2D eigenvalue weighted by Gasteiger charge is 2.14. The third-order valence-electron chi connectivity index (χ3n) is 4.93. The molecule has 4 aromatic heterocycles. The summed E-state index contributed by atoms with van der Waals surface area (Å²) >= 11 is 2.29. The first kappa shape index (κ1) is 17.6. The van der Waals surface area contributed by atoms with Crippen LogP contribution >= 0.6 is 30.3 Å². The van der Waals surface area contributed by atoms with E-state index in [9.17, 15) is 0 Å². The van der Waals surface area contributed by atoms with Crippen LogP contribution in [0.4, 0.5) is 0 Å². The second kappa shape index (κ2) is 7.18. The molecule has 0 aliphatic carbocycles. The molecule has 0 fully saturated rings. The predicted molar refractivity (Wildman–Crippen MR) is 125 cm³/mol. The van der Waals surface area contributed by atoms with E-state index >= 15 is 0 Å². The summed E-state index contributed by atoms with van der Waals surface area (Å²) < 4.78 is 2.11. The van der Waals surface area contributed by atoms with Crippen molar-refractivity contribution in [2.75, 3.05) is 0 Å². The molecule has 1 aromatic carbocycles. The van der Waals surface area contributed by atoms with Crippen LogP contribution in [-0.4, -0.2) is 18.9 Å². The second-order valence-corrected chi connectivity index (χ2v) is 8.31. The first-order chi connectivity index (χ1) is 13.8. The molecule has 4 nitrogen and oxygen atoms in total. The van der Waals surface area contributed by atoms with Gasteiger partial charge in [-0.25, -0.2) is 4.98 Å². The zero-order valence-corrected chi connectivity index (χ0v) is 18.0. The van der Waals surface area contributed by atoms with Gasteiger partial charge in [-0.3, -0.25) is 13.9 Å². The van der Waals surface area contributed by atoms with E-state index in [1.54, 1.807) is 15.3 Å². The van der Waals surface area contributed by atoms with E-state index in [-0.39, 0.29) is 0 Å². The van der Waals surface area contributed by atoms with E-state index < -0.39 is 0 Å². The van der Waals surface area contributed by atoms with Gasteiger partial charge >= 0.3 is 0 Å². The first-order valence-corrected chi connectivity index (χ1v) is 12.1. The lowest BCUT2D eigenvalue weighted by Gasteiger charge is -2.11. The Kier molecular flexibility index (Phi) is 4.52. The predicted octanol–water partition coefficient (Wildman–Crippen LogP) is 6.47. The van der Waals surface area contributed by atoms with Crippen molar-refractivity contribution in [3.05, 3.63) is 79.0 Å². The van der Waals surface area contributed by atoms with Crippen molar-refractivity contribution in [3.63, 3.8) is 0 Å². The van der Waals surface area contributed by atoms with Gasteiger partial charge in [0.2, 0.25) is 0 Å². The number of fused-ring (bicyclic) bond motifs is 2. The lowest BCUT2D eigenvalue weighted by atomic mass is 9.95. The van der Waals surface area contributed by atoms with Gasteiger partial charge in [0.15, 0.2) is 5.65 Å². The van der Waals surface area contributed by atoms with Crippen LogP contribution in [0.1, 0.15) is 5.56 Å². The summed E-state index contributed by atoms with van der Waals surface area (Å²) in [6.07, 6.45) is 9.58. The van der Waals surface area contributed by atoms with Gasteiger partial charge < -0.3 is 0 Å². The third-order valence-corrected chi connectivity index (χ3v) is 6.63. The summed E-state index contributed by atoms with van der Waals surface area (Å²) in [6.45, 7) is 2.12. The van der Waals surface area contributed by atoms with Crippen molar-refractivity contribution < 1.29 is 0 Å². The maximum atomic E-state index is 4.64. The molecule has 5 aromatic rings. The van der Waals surface area contributed by atoms with Gasteiger partial charge in [0.05, 0.1) is 5.52 Å². The number of nitrogens with zero attached hydrogens (tertiary/aromatic N) is 4. The highest BCUT2D eigenvalue weighted by Crippen LogP contribution is 2.37. The number of pyridine rings is 3. The van der Waals surface area contributed by atoms with Crippen LogP contribution in [0.25, 0.3) is 44.2 Å². The Morgan fingerprint density at radius 3 is 2.61 bits per heavy atom. The van der Waals surface area contributed by atoms with Crippen molar-refractivity contribution in [3.8, 4) is 22.3 Å². The van der Waals surface area contributed by atoms with Gasteiger partial charge in [-0.1, -0.05) is 6.07 Å². The van der Waals surface area contributed by atoms with Crippen molar-refractivity contribution in [2.45, 2.75) is 6.92 Å². The highest BCUT2D eigenvalue weighted by atomic mass is 127. The summed E-state index contributed by atoms with van der Waals surface area (Å²) in [5, 5.41) is 2.29. The molecule has 0 aliphatic rings. The maximum absolute atomic E-state index is 4.64. The summed E-state index contributed by atoms with van der Waals surface area (Å²) in [7, 11) is 1.63. The Morgan fingerprint density at radius 2 is 1.79 bits per heavy atom. The highest BCUT2D eigenvalue weighted by molar-refractivity contribution is 14.2. The second-order valence-electron chi connectivity index (χ2n) is 6.60. The molecule has 0 unspecified atom stereocenters. The molecule has 4 heterocycles. The van der Waals surface area contributed by atoms with E-state index in [1.807, 2.05) is 30.7 Å². The molecular weight excluding hydrogens is 479 g/mol. The van der Waals surface area contributed by atoms with E-state index in [1.165, 1.54) is 11.1 Å². The van der Waals surface area contributed by atoms with Crippen LogP contribution < -0.4 is 0 Å². The molecule has 0 atom stereocenters. The number of aryl methyl sites for hydroxylation is 1. The molecule has 0 radical (unpaired) electrons. The average molecular weight is 494 g/mol. The number of rotatable bonds is 3. The zero-order valence-electron chi connectivity index (χ0n) is 15.0. The van der Waals surface area contributed by atoms with Crippen molar-refractivity contribution in [1.29, 1.82) is 0 Å². The number of benzene rings is 1. The van der Waals surface area contributed by atoms with Crippen LogP contribution in [0.3, 0.4) is 0 Å². The summed E-state index contributed by atoms with van der Waals surface area (Å²) in [6, 6.07) is 14.7. The fraction of sp³-hybridized carbons (Fsp3) is 0.0455. The Labute approximate surface area is 178 Å².